The summed E-state index contributed by atoms with van der Waals surface area (Å²) in [6.45, 7) is 3.63. The van der Waals surface area contributed by atoms with Gasteiger partial charge in [0.25, 0.3) is 11.8 Å². The predicted molar refractivity (Wildman–Crippen MR) is 77.8 cm³/mol. The van der Waals surface area contributed by atoms with E-state index >= 15 is 0 Å². The first-order valence-electron chi connectivity index (χ1n) is 6.55. The molecule has 7 heteroatoms. The van der Waals surface area contributed by atoms with Crippen molar-refractivity contribution in [3.05, 3.63) is 47.8 Å². The van der Waals surface area contributed by atoms with Gasteiger partial charge in [-0.05, 0) is 38.1 Å². The second-order valence-electron chi connectivity index (χ2n) is 4.58. The lowest BCUT2D eigenvalue weighted by atomic mass is 10.2. The number of nitrogens with one attached hydrogen (secondary N) is 1. The number of carbonyl (C=O) groups excluding carboxylic acids is 1. The van der Waals surface area contributed by atoms with Gasteiger partial charge in [-0.2, -0.15) is 0 Å². The zero-order valence-corrected chi connectivity index (χ0v) is 12.0. The SMILES string of the molecule is Cc1cc(-c2nnc(NC(=O)/C=C/c3ccco3)o2)c(C)o1. The molecule has 3 heterocycles. The minimum atomic E-state index is -0.397. The normalized spacial score (nSPS) is 11.2. The number of hydrogen-bond donors (Lipinski definition) is 1. The lowest BCUT2D eigenvalue weighted by Gasteiger charge is -1.93. The third kappa shape index (κ3) is 2.98. The molecule has 7 nitrogen and oxygen atoms in total. The molecule has 0 unspecified atom stereocenters. The van der Waals surface area contributed by atoms with Gasteiger partial charge in [0.15, 0.2) is 0 Å². The fourth-order valence-electron chi connectivity index (χ4n) is 1.92. The highest BCUT2D eigenvalue weighted by Crippen LogP contribution is 2.26. The highest BCUT2D eigenvalue weighted by Gasteiger charge is 2.15. The molecule has 0 aliphatic rings. The molecule has 0 aromatic carbocycles. The third-order valence-corrected chi connectivity index (χ3v) is 2.87. The van der Waals surface area contributed by atoms with Gasteiger partial charge in [0.05, 0.1) is 11.8 Å². The Bertz CT molecular complexity index is 812. The Morgan fingerprint density at radius 1 is 1.27 bits per heavy atom. The Labute approximate surface area is 125 Å². The minimum absolute atomic E-state index is 0.0161. The third-order valence-electron chi connectivity index (χ3n) is 2.87. The van der Waals surface area contributed by atoms with Crippen LogP contribution in [0, 0.1) is 13.8 Å². The van der Waals surface area contributed by atoms with Crippen molar-refractivity contribution >= 4 is 18.0 Å². The highest BCUT2D eigenvalue weighted by molar-refractivity contribution is 6.00. The van der Waals surface area contributed by atoms with Crippen molar-refractivity contribution < 1.29 is 18.0 Å². The molecule has 3 aromatic rings. The first-order chi connectivity index (χ1) is 10.6. The van der Waals surface area contributed by atoms with E-state index in [1.54, 1.807) is 25.1 Å². The van der Waals surface area contributed by atoms with Crippen LogP contribution in [0.25, 0.3) is 17.5 Å². The van der Waals surface area contributed by atoms with Gasteiger partial charge in [-0.15, -0.1) is 5.10 Å². The topological polar surface area (TPSA) is 94.3 Å². The fraction of sp³-hybridized carbons (Fsp3) is 0.133. The summed E-state index contributed by atoms with van der Waals surface area (Å²) in [6.07, 6.45) is 4.38. The molecule has 0 saturated heterocycles. The van der Waals surface area contributed by atoms with Crippen LogP contribution in [0.5, 0.6) is 0 Å². The standard InChI is InChI=1S/C15H13N3O4/c1-9-8-12(10(2)21-9)14-17-18-15(22-14)16-13(19)6-5-11-4-3-7-20-11/h3-8H,1-2H3,(H,16,18,19)/b6-5+. The molecule has 1 amide bonds. The zero-order valence-electron chi connectivity index (χ0n) is 12.0. The van der Waals surface area contributed by atoms with Crippen LogP contribution in [-0.4, -0.2) is 16.1 Å². The molecular weight excluding hydrogens is 286 g/mol. The Hall–Kier alpha value is -3.09. The van der Waals surface area contributed by atoms with Gasteiger partial charge >= 0.3 is 6.01 Å². The van der Waals surface area contributed by atoms with Crippen LogP contribution in [0.15, 0.2) is 43.8 Å². The zero-order chi connectivity index (χ0) is 15.5. The molecule has 0 aliphatic carbocycles. The highest BCUT2D eigenvalue weighted by atomic mass is 16.4. The van der Waals surface area contributed by atoms with Gasteiger partial charge in [-0.1, -0.05) is 5.10 Å². The maximum atomic E-state index is 11.7. The number of aryl methyl sites for hydroxylation is 2. The summed E-state index contributed by atoms with van der Waals surface area (Å²) in [5, 5.41) is 10.2. The number of carbonyl (C=O) groups is 1. The van der Waals surface area contributed by atoms with E-state index in [1.165, 1.54) is 18.4 Å². The van der Waals surface area contributed by atoms with Gasteiger partial charge in [-0.3, -0.25) is 10.1 Å². The monoisotopic (exact) mass is 299 g/mol. The molecule has 3 aromatic heterocycles. The Morgan fingerprint density at radius 3 is 2.82 bits per heavy atom. The second-order valence-corrected chi connectivity index (χ2v) is 4.58. The molecule has 0 atom stereocenters. The number of hydrogen-bond acceptors (Lipinski definition) is 6. The molecule has 0 aliphatic heterocycles. The quantitative estimate of drug-likeness (QED) is 0.743. The van der Waals surface area contributed by atoms with E-state index in [4.69, 9.17) is 13.3 Å². The van der Waals surface area contributed by atoms with Crippen molar-refractivity contribution in [3.63, 3.8) is 0 Å². The van der Waals surface area contributed by atoms with E-state index < -0.39 is 5.91 Å². The van der Waals surface area contributed by atoms with E-state index in [1.807, 2.05) is 6.92 Å². The lowest BCUT2D eigenvalue weighted by molar-refractivity contribution is -0.112. The van der Waals surface area contributed by atoms with Crippen LogP contribution >= 0.6 is 0 Å². The van der Waals surface area contributed by atoms with Crippen LogP contribution < -0.4 is 5.32 Å². The summed E-state index contributed by atoms with van der Waals surface area (Å²) in [5.41, 5.74) is 0.705. The smallest absolute Gasteiger partial charge is 0.322 e. The Balaban J connectivity index is 1.69. The van der Waals surface area contributed by atoms with Crippen LogP contribution in [-0.2, 0) is 4.79 Å². The summed E-state index contributed by atoms with van der Waals surface area (Å²) in [4.78, 5) is 11.7. The van der Waals surface area contributed by atoms with Crippen molar-refractivity contribution in [3.8, 4) is 11.5 Å². The molecule has 0 spiro atoms. The number of rotatable bonds is 4. The average Bonchev–Trinajstić information content (AvgIpc) is 3.18. The molecule has 0 fully saturated rings. The molecule has 0 saturated carbocycles. The van der Waals surface area contributed by atoms with Crippen LogP contribution in [0.2, 0.25) is 0 Å². The van der Waals surface area contributed by atoms with E-state index in [9.17, 15) is 4.79 Å². The summed E-state index contributed by atoms with van der Waals surface area (Å²) < 4.78 is 15.9. The average molecular weight is 299 g/mol. The maximum Gasteiger partial charge on any atom is 0.322 e. The maximum absolute atomic E-state index is 11.7. The summed E-state index contributed by atoms with van der Waals surface area (Å²) in [7, 11) is 0. The number of nitrogens with zero attached hydrogens (tertiary/aromatic N) is 2. The van der Waals surface area contributed by atoms with Crippen LogP contribution in [0.1, 0.15) is 17.3 Å². The molecule has 1 N–H and O–H groups in total. The van der Waals surface area contributed by atoms with E-state index in [0.29, 0.717) is 23.0 Å². The van der Waals surface area contributed by atoms with Gasteiger partial charge < -0.3 is 13.3 Å². The van der Waals surface area contributed by atoms with E-state index in [2.05, 4.69) is 15.5 Å². The first-order valence-corrected chi connectivity index (χ1v) is 6.55. The number of amides is 1. The number of furan rings is 2. The number of aromatic nitrogens is 2. The van der Waals surface area contributed by atoms with Gasteiger partial charge in [0.2, 0.25) is 0 Å². The first kappa shape index (κ1) is 13.9. The molecular formula is C15H13N3O4. The van der Waals surface area contributed by atoms with Gasteiger partial charge in [0.1, 0.15) is 17.3 Å². The van der Waals surface area contributed by atoms with Crippen molar-refractivity contribution in [2.75, 3.05) is 5.32 Å². The Kier molecular flexibility index (Phi) is 3.61. The summed E-state index contributed by atoms with van der Waals surface area (Å²) in [6, 6.07) is 5.28. The van der Waals surface area contributed by atoms with Crippen LogP contribution in [0.3, 0.4) is 0 Å². The Morgan fingerprint density at radius 2 is 2.14 bits per heavy atom. The van der Waals surface area contributed by atoms with Crippen molar-refractivity contribution in [1.29, 1.82) is 0 Å². The van der Waals surface area contributed by atoms with Gasteiger partial charge in [0, 0.05) is 6.08 Å². The van der Waals surface area contributed by atoms with E-state index in [-0.39, 0.29) is 6.01 Å². The summed E-state index contributed by atoms with van der Waals surface area (Å²) in [5.74, 6) is 1.90. The largest absolute Gasteiger partial charge is 0.466 e. The molecule has 3 rings (SSSR count). The predicted octanol–water partition coefficient (Wildman–Crippen LogP) is 3.19. The minimum Gasteiger partial charge on any atom is -0.466 e. The second kappa shape index (κ2) is 5.72. The van der Waals surface area contributed by atoms with E-state index in [0.717, 1.165) is 5.76 Å². The van der Waals surface area contributed by atoms with Crippen molar-refractivity contribution in [1.82, 2.24) is 10.2 Å². The van der Waals surface area contributed by atoms with Crippen molar-refractivity contribution in [2.45, 2.75) is 13.8 Å². The van der Waals surface area contributed by atoms with Crippen molar-refractivity contribution in [2.24, 2.45) is 0 Å². The molecule has 112 valence electrons. The van der Waals surface area contributed by atoms with Crippen LogP contribution in [0.4, 0.5) is 6.01 Å². The number of anilines is 1. The summed E-state index contributed by atoms with van der Waals surface area (Å²) >= 11 is 0. The fourth-order valence-corrected chi connectivity index (χ4v) is 1.92. The molecule has 0 bridgehead atoms. The van der Waals surface area contributed by atoms with Gasteiger partial charge in [-0.25, -0.2) is 0 Å². The lowest BCUT2D eigenvalue weighted by Crippen LogP contribution is -2.07. The molecule has 22 heavy (non-hydrogen) atoms. The molecule has 0 radical (unpaired) electrons.